The smallest absolute Gasteiger partial charge is 0.278 e. The van der Waals surface area contributed by atoms with Crippen LogP contribution in [0.4, 0.5) is 5.69 Å². The molecular weight excluding hydrogens is 288 g/mol. The predicted octanol–water partition coefficient (Wildman–Crippen LogP) is 3.53. The lowest BCUT2D eigenvalue weighted by Gasteiger charge is -2.21. The van der Waals surface area contributed by atoms with Gasteiger partial charge >= 0.3 is 0 Å². The van der Waals surface area contributed by atoms with Gasteiger partial charge in [-0.15, -0.1) is 0 Å². The highest BCUT2D eigenvalue weighted by Crippen LogP contribution is 2.39. The third kappa shape index (κ3) is 3.00. The Labute approximate surface area is 137 Å². The van der Waals surface area contributed by atoms with E-state index in [4.69, 9.17) is 0 Å². The molecule has 2 aromatic rings. The van der Waals surface area contributed by atoms with Gasteiger partial charge in [0.1, 0.15) is 0 Å². The third-order valence-electron chi connectivity index (χ3n) is 4.66. The van der Waals surface area contributed by atoms with Gasteiger partial charge in [-0.2, -0.15) is 5.10 Å². The number of anilines is 1. The van der Waals surface area contributed by atoms with Gasteiger partial charge < -0.3 is 4.90 Å². The number of rotatable bonds is 5. The van der Waals surface area contributed by atoms with Crippen LogP contribution >= 0.6 is 0 Å². The van der Waals surface area contributed by atoms with Crippen molar-refractivity contribution in [2.45, 2.75) is 46.6 Å². The minimum Gasteiger partial charge on any atom is -0.305 e. The summed E-state index contributed by atoms with van der Waals surface area (Å²) in [6.07, 6.45) is 4.27. The van der Waals surface area contributed by atoms with Gasteiger partial charge in [-0.05, 0) is 64.7 Å². The zero-order chi connectivity index (χ0) is 16.6. The number of carbonyl (C=O) groups excluding carboxylic acids is 1. The highest BCUT2D eigenvalue weighted by Gasteiger charge is 2.31. The Kier molecular flexibility index (Phi) is 4.20. The first-order valence-electron chi connectivity index (χ1n) is 8.32. The number of amides is 1. The van der Waals surface area contributed by atoms with Crippen molar-refractivity contribution in [1.29, 1.82) is 0 Å². The third-order valence-corrected chi connectivity index (χ3v) is 4.66. The number of hydrogen-bond donors (Lipinski definition) is 0. The standard InChI is InChI=1S/C18H24N4O/c1-5-21(17-7-6-10-19-13(17)3)18(23)16-11-12(2)22(20-16)14(4)15-8-9-15/h6-7,10-11,14-15H,5,8-9H2,1-4H3. The molecule has 1 amide bonds. The molecule has 0 saturated heterocycles. The molecule has 0 radical (unpaired) electrons. The van der Waals surface area contributed by atoms with Crippen LogP contribution in [0.2, 0.25) is 0 Å². The largest absolute Gasteiger partial charge is 0.305 e. The first kappa shape index (κ1) is 15.7. The molecule has 5 nitrogen and oxygen atoms in total. The van der Waals surface area contributed by atoms with Crippen LogP contribution in [-0.4, -0.2) is 27.2 Å². The molecule has 0 spiro atoms. The van der Waals surface area contributed by atoms with Crippen molar-refractivity contribution in [2.24, 2.45) is 5.92 Å². The summed E-state index contributed by atoms with van der Waals surface area (Å²) in [6.45, 7) is 8.70. The van der Waals surface area contributed by atoms with E-state index < -0.39 is 0 Å². The Morgan fingerprint density at radius 2 is 2.17 bits per heavy atom. The normalized spacial score (nSPS) is 15.5. The fourth-order valence-corrected chi connectivity index (χ4v) is 3.11. The van der Waals surface area contributed by atoms with Crippen LogP contribution in [0.1, 0.15) is 54.6 Å². The van der Waals surface area contributed by atoms with Crippen molar-refractivity contribution in [3.8, 4) is 0 Å². The van der Waals surface area contributed by atoms with E-state index >= 15 is 0 Å². The molecule has 23 heavy (non-hydrogen) atoms. The molecule has 0 bridgehead atoms. The summed E-state index contributed by atoms with van der Waals surface area (Å²) in [5, 5.41) is 4.60. The Balaban J connectivity index is 1.89. The first-order valence-corrected chi connectivity index (χ1v) is 8.32. The Hall–Kier alpha value is -2.17. The summed E-state index contributed by atoms with van der Waals surface area (Å²) in [7, 11) is 0. The summed E-state index contributed by atoms with van der Waals surface area (Å²) in [5.74, 6) is 0.646. The van der Waals surface area contributed by atoms with Gasteiger partial charge in [-0.1, -0.05) is 0 Å². The quantitative estimate of drug-likeness (QED) is 0.848. The molecule has 2 heterocycles. The minimum atomic E-state index is -0.0616. The highest BCUT2D eigenvalue weighted by atomic mass is 16.2. The maximum atomic E-state index is 12.9. The van der Waals surface area contributed by atoms with Crippen LogP contribution in [0.25, 0.3) is 0 Å². The molecule has 1 aliphatic rings. The highest BCUT2D eigenvalue weighted by molar-refractivity contribution is 6.05. The van der Waals surface area contributed by atoms with Gasteiger partial charge in [0.25, 0.3) is 5.91 Å². The van der Waals surface area contributed by atoms with Crippen molar-refractivity contribution >= 4 is 11.6 Å². The van der Waals surface area contributed by atoms with Crippen LogP contribution in [0, 0.1) is 19.8 Å². The van der Waals surface area contributed by atoms with E-state index in [0.29, 0.717) is 24.2 Å². The summed E-state index contributed by atoms with van der Waals surface area (Å²) in [4.78, 5) is 19.0. The second-order valence-electron chi connectivity index (χ2n) is 6.35. The molecule has 1 saturated carbocycles. The van der Waals surface area contributed by atoms with Gasteiger partial charge in [0, 0.05) is 18.4 Å². The maximum Gasteiger partial charge on any atom is 0.278 e. The molecule has 0 N–H and O–H groups in total. The predicted molar refractivity (Wildman–Crippen MR) is 90.7 cm³/mol. The monoisotopic (exact) mass is 312 g/mol. The minimum absolute atomic E-state index is 0.0616. The number of aryl methyl sites for hydroxylation is 2. The molecule has 1 atom stereocenters. The fourth-order valence-electron chi connectivity index (χ4n) is 3.11. The van der Waals surface area contributed by atoms with E-state index in [1.54, 1.807) is 11.1 Å². The van der Waals surface area contributed by atoms with E-state index in [1.807, 2.05) is 43.7 Å². The van der Waals surface area contributed by atoms with Gasteiger partial charge in [0.2, 0.25) is 0 Å². The number of hydrogen-bond acceptors (Lipinski definition) is 3. The topological polar surface area (TPSA) is 51.0 Å². The molecule has 1 unspecified atom stereocenters. The van der Waals surface area contributed by atoms with Crippen molar-refractivity contribution in [2.75, 3.05) is 11.4 Å². The van der Waals surface area contributed by atoms with E-state index in [-0.39, 0.29) is 5.91 Å². The number of carbonyl (C=O) groups is 1. The van der Waals surface area contributed by atoms with E-state index in [9.17, 15) is 4.79 Å². The Bertz CT molecular complexity index is 718. The van der Waals surface area contributed by atoms with Crippen LogP contribution < -0.4 is 4.90 Å². The zero-order valence-corrected chi connectivity index (χ0v) is 14.3. The summed E-state index contributed by atoms with van der Waals surface area (Å²) >= 11 is 0. The molecule has 2 aromatic heterocycles. The van der Waals surface area contributed by atoms with Crippen molar-refractivity contribution < 1.29 is 4.79 Å². The number of pyridine rings is 1. The van der Waals surface area contributed by atoms with Gasteiger partial charge in [-0.3, -0.25) is 14.5 Å². The van der Waals surface area contributed by atoms with Crippen molar-refractivity contribution in [3.63, 3.8) is 0 Å². The van der Waals surface area contributed by atoms with Crippen LogP contribution in [-0.2, 0) is 0 Å². The lowest BCUT2D eigenvalue weighted by Crippen LogP contribution is -2.32. The van der Waals surface area contributed by atoms with Crippen LogP contribution in [0.5, 0.6) is 0 Å². The maximum absolute atomic E-state index is 12.9. The molecule has 122 valence electrons. The van der Waals surface area contributed by atoms with Crippen LogP contribution in [0.15, 0.2) is 24.4 Å². The molecule has 5 heteroatoms. The lowest BCUT2D eigenvalue weighted by atomic mass is 10.2. The van der Waals surface area contributed by atoms with Gasteiger partial charge in [0.15, 0.2) is 5.69 Å². The molecule has 0 aliphatic heterocycles. The molecule has 3 rings (SSSR count). The van der Waals surface area contributed by atoms with Crippen molar-refractivity contribution in [1.82, 2.24) is 14.8 Å². The summed E-state index contributed by atoms with van der Waals surface area (Å²) in [5.41, 5.74) is 3.26. The molecule has 1 fully saturated rings. The number of aromatic nitrogens is 3. The summed E-state index contributed by atoms with van der Waals surface area (Å²) < 4.78 is 2.01. The summed E-state index contributed by atoms with van der Waals surface area (Å²) in [6, 6.07) is 6.06. The first-order chi connectivity index (χ1) is 11.0. The lowest BCUT2D eigenvalue weighted by molar-refractivity contribution is 0.0982. The Morgan fingerprint density at radius 1 is 1.43 bits per heavy atom. The fraction of sp³-hybridized carbons (Fsp3) is 0.500. The Morgan fingerprint density at radius 3 is 2.78 bits per heavy atom. The molecule has 0 aromatic carbocycles. The van der Waals surface area contributed by atoms with Gasteiger partial charge in [0.05, 0.1) is 17.4 Å². The van der Waals surface area contributed by atoms with Crippen molar-refractivity contribution in [3.05, 3.63) is 41.5 Å². The van der Waals surface area contributed by atoms with E-state index in [1.165, 1.54) is 12.8 Å². The number of nitrogens with zero attached hydrogens (tertiary/aromatic N) is 4. The van der Waals surface area contributed by atoms with Gasteiger partial charge in [-0.25, -0.2) is 0 Å². The average molecular weight is 312 g/mol. The molecule has 1 aliphatic carbocycles. The second kappa shape index (κ2) is 6.14. The average Bonchev–Trinajstić information content (AvgIpc) is 3.31. The second-order valence-corrected chi connectivity index (χ2v) is 6.35. The SMILES string of the molecule is CCN(C(=O)c1cc(C)n(C(C)C2CC2)n1)c1cccnc1C. The van der Waals surface area contributed by atoms with E-state index in [0.717, 1.165) is 17.1 Å². The zero-order valence-electron chi connectivity index (χ0n) is 14.3. The molecular formula is C18H24N4O. The van der Waals surface area contributed by atoms with E-state index in [2.05, 4.69) is 17.0 Å². The van der Waals surface area contributed by atoms with Crippen LogP contribution in [0.3, 0.4) is 0 Å².